The van der Waals surface area contributed by atoms with Crippen LogP contribution in [0.3, 0.4) is 0 Å². The predicted octanol–water partition coefficient (Wildman–Crippen LogP) is 1.75. The lowest BCUT2D eigenvalue weighted by atomic mass is 9.82. The third-order valence-corrected chi connectivity index (χ3v) is 2.85. The van der Waals surface area contributed by atoms with Crippen LogP contribution in [-0.2, 0) is 18.8 Å². The van der Waals surface area contributed by atoms with Crippen molar-refractivity contribution in [2.75, 3.05) is 6.54 Å². The number of hydrogen-bond donors (Lipinski definition) is 1. The highest BCUT2D eigenvalue weighted by Gasteiger charge is 2.34. The zero-order valence-corrected chi connectivity index (χ0v) is 12.5. The van der Waals surface area contributed by atoms with Crippen LogP contribution >= 0.6 is 0 Å². The number of carbonyl (C=O) groups excluding carboxylic acids is 1. The summed E-state index contributed by atoms with van der Waals surface area (Å²) >= 11 is 0. The van der Waals surface area contributed by atoms with Gasteiger partial charge in [-0.2, -0.15) is 0 Å². The molecule has 1 heterocycles. The van der Waals surface area contributed by atoms with E-state index in [1.165, 1.54) is 0 Å². The van der Waals surface area contributed by atoms with Gasteiger partial charge in [-0.1, -0.05) is 6.92 Å². The Morgan fingerprint density at radius 2 is 2.00 bits per heavy atom. The van der Waals surface area contributed by atoms with E-state index in [0.717, 1.165) is 12.7 Å². The van der Waals surface area contributed by atoms with Crippen molar-refractivity contribution < 1.29 is 18.8 Å². The van der Waals surface area contributed by atoms with Gasteiger partial charge in [-0.15, -0.1) is 0 Å². The van der Waals surface area contributed by atoms with Crippen molar-refractivity contribution in [2.45, 2.75) is 71.1 Å². The molecule has 2 unspecified atom stereocenters. The van der Waals surface area contributed by atoms with E-state index in [1.807, 2.05) is 27.7 Å². The first-order chi connectivity index (χ1) is 8.84. The molecule has 110 valence electrons. The van der Waals surface area contributed by atoms with Gasteiger partial charge in [-0.05, 0) is 46.5 Å². The quantitative estimate of drug-likeness (QED) is 0.609. The average Bonchev–Trinajstić information content (AvgIpc) is 2.26. The lowest BCUT2D eigenvalue weighted by molar-refractivity contribution is -0.157. The third-order valence-electron chi connectivity index (χ3n) is 2.85. The fraction of sp³-hybridized carbons (Fsp3) is 0.923. The van der Waals surface area contributed by atoms with Crippen LogP contribution in [0.15, 0.2) is 0 Å². The van der Waals surface area contributed by atoms with Gasteiger partial charge in [0, 0.05) is 6.10 Å². The van der Waals surface area contributed by atoms with Crippen LogP contribution in [-0.4, -0.2) is 37.4 Å². The largest absolute Gasteiger partial charge is 0.460 e. The topological polar surface area (TPSA) is 70.8 Å². The summed E-state index contributed by atoms with van der Waals surface area (Å²) < 4.78 is 16.8. The summed E-state index contributed by atoms with van der Waals surface area (Å²) in [5.41, 5.74) is 5.11. The van der Waals surface area contributed by atoms with E-state index in [1.54, 1.807) is 0 Å². The summed E-state index contributed by atoms with van der Waals surface area (Å²) in [4.78, 5) is 11.8. The molecule has 0 aliphatic carbocycles. The van der Waals surface area contributed by atoms with Gasteiger partial charge in [0.05, 0.1) is 12.5 Å². The minimum absolute atomic E-state index is 0.0798. The summed E-state index contributed by atoms with van der Waals surface area (Å²) in [6, 6.07) is 0. The van der Waals surface area contributed by atoms with Crippen LogP contribution in [0.2, 0.25) is 6.32 Å². The Kier molecular flexibility index (Phi) is 6.30. The lowest BCUT2D eigenvalue weighted by Gasteiger charge is -2.34. The molecule has 1 aliphatic heterocycles. The maximum absolute atomic E-state index is 11.8. The molecule has 1 saturated heterocycles. The van der Waals surface area contributed by atoms with Gasteiger partial charge in [0.2, 0.25) is 0 Å². The fourth-order valence-corrected chi connectivity index (χ4v) is 2.13. The van der Waals surface area contributed by atoms with Gasteiger partial charge < -0.3 is 19.8 Å². The number of carbonyl (C=O) groups is 1. The van der Waals surface area contributed by atoms with Crippen molar-refractivity contribution >= 4 is 13.1 Å². The standard InChI is InChI=1S/C13H26BNO4/c1-5-14-18-10(6-7-15)8-11(19-14)9-12(16)17-13(2,3)4/h10-11H,5-9,15H2,1-4H3. The molecule has 0 aromatic rings. The van der Waals surface area contributed by atoms with Crippen molar-refractivity contribution in [3.05, 3.63) is 0 Å². The van der Waals surface area contributed by atoms with Gasteiger partial charge in [-0.3, -0.25) is 4.79 Å². The second-order valence-electron chi connectivity index (χ2n) is 5.96. The summed E-state index contributed by atoms with van der Waals surface area (Å²) in [6.45, 7) is 8.17. The molecule has 1 fully saturated rings. The van der Waals surface area contributed by atoms with E-state index in [9.17, 15) is 4.79 Å². The zero-order chi connectivity index (χ0) is 14.5. The molecule has 1 aliphatic rings. The van der Waals surface area contributed by atoms with E-state index in [-0.39, 0.29) is 31.7 Å². The Labute approximate surface area is 116 Å². The summed E-state index contributed by atoms with van der Waals surface area (Å²) in [5, 5.41) is 0. The Bertz CT molecular complexity index is 293. The third kappa shape index (κ3) is 6.41. The first-order valence-electron chi connectivity index (χ1n) is 7.07. The molecule has 6 heteroatoms. The van der Waals surface area contributed by atoms with Crippen LogP contribution in [0.1, 0.15) is 47.0 Å². The average molecular weight is 271 g/mol. The highest BCUT2D eigenvalue weighted by Crippen LogP contribution is 2.23. The van der Waals surface area contributed by atoms with E-state index < -0.39 is 5.60 Å². The molecule has 0 aromatic heterocycles. The smallest absolute Gasteiger partial charge is 0.456 e. The minimum atomic E-state index is -0.455. The normalized spacial score (nSPS) is 24.4. The maximum Gasteiger partial charge on any atom is 0.456 e. The molecule has 2 N–H and O–H groups in total. The molecule has 0 amide bonds. The van der Waals surface area contributed by atoms with Crippen molar-refractivity contribution in [1.29, 1.82) is 0 Å². The fourth-order valence-electron chi connectivity index (χ4n) is 2.13. The minimum Gasteiger partial charge on any atom is -0.460 e. The summed E-state index contributed by atoms with van der Waals surface area (Å²) in [5.74, 6) is -0.222. The van der Waals surface area contributed by atoms with Gasteiger partial charge >= 0.3 is 13.1 Å². The van der Waals surface area contributed by atoms with Gasteiger partial charge in [0.1, 0.15) is 5.60 Å². The van der Waals surface area contributed by atoms with E-state index in [0.29, 0.717) is 13.0 Å². The lowest BCUT2D eigenvalue weighted by Crippen LogP contribution is -2.43. The first-order valence-corrected chi connectivity index (χ1v) is 7.07. The second kappa shape index (κ2) is 7.26. The molecule has 0 spiro atoms. The molecule has 2 atom stereocenters. The van der Waals surface area contributed by atoms with Crippen LogP contribution in [0.5, 0.6) is 0 Å². The van der Waals surface area contributed by atoms with Gasteiger partial charge in [0.25, 0.3) is 0 Å². The van der Waals surface area contributed by atoms with Gasteiger partial charge in [0.15, 0.2) is 0 Å². The van der Waals surface area contributed by atoms with Crippen LogP contribution < -0.4 is 5.73 Å². The van der Waals surface area contributed by atoms with E-state index >= 15 is 0 Å². The Morgan fingerprint density at radius 1 is 1.37 bits per heavy atom. The van der Waals surface area contributed by atoms with Crippen molar-refractivity contribution in [3.63, 3.8) is 0 Å². The highest BCUT2D eigenvalue weighted by atomic mass is 16.6. The molecule has 1 rings (SSSR count). The molecule has 0 aromatic carbocycles. The Hall–Kier alpha value is -0.585. The zero-order valence-electron chi connectivity index (χ0n) is 12.5. The number of hydrogen-bond acceptors (Lipinski definition) is 5. The Morgan fingerprint density at radius 3 is 2.53 bits per heavy atom. The van der Waals surface area contributed by atoms with Crippen molar-refractivity contribution in [2.24, 2.45) is 5.73 Å². The molecular weight excluding hydrogens is 245 g/mol. The van der Waals surface area contributed by atoms with Crippen LogP contribution in [0.25, 0.3) is 0 Å². The number of nitrogens with two attached hydrogens (primary N) is 1. The van der Waals surface area contributed by atoms with Gasteiger partial charge in [-0.25, -0.2) is 0 Å². The second-order valence-corrected chi connectivity index (χ2v) is 5.96. The summed E-state index contributed by atoms with van der Waals surface area (Å²) in [7, 11) is -0.238. The monoisotopic (exact) mass is 271 g/mol. The number of ether oxygens (including phenoxy) is 1. The highest BCUT2D eigenvalue weighted by molar-refractivity contribution is 6.44. The first kappa shape index (κ1) is 16.5. The Balaban J connectivity index is 2.49. The molecule has 0 radical (unpaired) electrons. The molecule has 19 heavy (non-hydrogen) atoms. The molecule has 5 nitrogen and oxygen atoms in total. The van der Waals surface area contributed by atoms with Crippen molar-refractivity contribution in [1.82, 2.24) is 0 Å². The predicted molar refractivity (Wildman–Crippen MR) is 74.7 cm³/mol. The van der Waals surface area contributed by atoms with Crippen molar-refractivity contribution in [3.8, 4) is 0 Å². The van der Waals surface area contributed by atoms with Crippen LogP contribution in [0, 0.1) is 0 Å². The molecular formula is C13H26BNO4. The number of rotatable bonds is 5. The SMILES string of the molecule is CCB1OC(CCN)CC(CC(=O)OC(C)(C)C)O1. The summed E-state index contributed by atoms with van der Waals surface area (Å²) in [6.07, 6.45) is 2.49. The molecule has 0 saturated carbocycles. The maximum atomic E-state index is 11.8. The van der Waals surface area contributed by atoms with Crippen LogP contribution in [0.4, 0.5) is 0 Å². The number of esters is 1. The van der Waals surface area contributed by atoms with E-state index in [2.05, 4.69) is 0 Å². The molecule has 0 bridgehead atoms. The van der Waals surface area contributed by atoms with E-state index in [4.69, 9.17) is 19.8 Å².